The number of carbonyl (C=O) groups excluding carboxylic acids is 1. The van der Waals surface area contributed by atoms with Gasteiger partial charge in [-0.05, 0) is 26.2 Å². The molecule has 0 saturated heterocycles. The van der Waals surface area contributed by atoms with Crippen LogP contribution in [0.15, 0.2) is 0 Å². The smallest absolute Gasteiger partial charge is 0.359 e. The molecule has 0 aliphatic heterocycles. The molecule has 0 spiro atoms. The molecule has 1 aliphatic rings. The molecule has 5 heteroatoms. The van der Waals surface area contributed by atoms with Gasteiger partial charge in [0.1, 0.15) is 0 Å². The molecule has 18 heavy (non-hydrogen) atoms. The van der Waals surface area contributed by atoms with Crippen LogP contribution in [0.5, 0.6) is 0 Å². The zero-order valence-electron chi connectivity index (χ0n) is 10.8. The normalized spacial score (nSPS) is 17.9. The Hall–Kier alpha value is -1.83. The molecule has 1 unspecified atom stereocenters. The third-order valence-corrected chi connectivity index (χ3v) is 3.39. The van der Waals surface area contributed by atoms with Gasteiger partial charge < -0.3 is 4.74 Å². The van der Waals surface area contributed by atoms with Gasteiger partial charge in [0.2, 0.25) is 0 Å². The summed E-state index contributed by atoms with van der Waals surface area (Å²) in [6, 6.07) is 2.20. The number of esters is 1. The van der Waals surface area contributed by atoms with Crippen LogP contribution in [-0.4, -0.2) is 22.4 Å². The number of hydrogen-bond acceptors (Lipinski definition) is 4. The summed E-state index contributed by atoms with van der Waals surface area (Å²) in [7, 11) is 1.84. The molecule has 1 atom stereocenters. The van der Waals surface area contributed by atoms with Gasteiger partial charge in [-0.15, -0.1) is 0 Å². The molecule has 1 aromatic heterocycles. The Morgan fingerprint density at radius 3 is 3.11 bits per heavy atom. The largest absolute Gasteiger partial charge is 0.461 e. The summed E-state index contributed by atoms with van der Waals surface area (Å²) in [5.41, 5.74) is 2.41. The van der Waals surface area contributed by atoms with Crippen molar-refractivity contribution in [1.82, 2.24) is 9.78 Å². The number of aromatic nitrogens is 2. The van der Waals surface area contributed by atoms with Crippen molar-refractivity contribution in [3.63, 3.8) is 0 Å². The number of ether oxygens (including phenoxy) is 1. The Bertz CT molecular complexity index is 499. The number of hydrogen-bond donors (Lipinski definition) is 0. The van der Waals surface area contributed by atoms with E-state index >= 15 is 0 Å². The highest BCUT2D eigenvalue weighted by molar-refractivity contribution is 5.89. The van der Waals surface area contributed by atoms with Crippen LogP contribution in [0.4, 0.5) is 0 Å². The van der Waals surface area contributed by atoms with Gasteiger partial charge in [-0.1, -0.05) is 0 Å². The predicted molar refractivity (Wildman–Crippen MR) is 65.1 cm³/mol. The molecule has 1 aromatic rings. The number of carbonyl (C=O) groups is 1. The molecule has 0 aromatic carbocycles. The third-order valence-electron chi connectivity index (χ3n) is 3.39. The van der Waals surface area contributed by atoms with Gasteiger partial charge in [0.05, 0.1) is 12.7 Å². The van der Waals surface area contributed by atoms with Gasteiger partial charge in [-0.3, -0.25) is 4.68 Å². The van der Waals surface area contributed by atoms with Crippen LogP contribution in [0.3, 0.4) is 0 Å². The van der Waals surface area contributed by atoms with Gasteiger partial charge in [0, 0.05) is 30.6 Å². The molecule has 0 amide bonds. The van der Waals surface area contributed by atoms with Gasteiger partial charge >= 0.3 is 5.97 Å². The lowest BCUT2D eigenvalue weighted by molar-refractivity contribution is 0.0516. The lowest BCUT2D eigenvalue weighted by atomic mass is 9.83. The van der Waals surface area contributed by atoms with Crippen molar-refractivity contribution >= 4 is 5.97 Å². The monoisotopic (exact) mass is 247 g/mol. The number of nitriles is 1. The minimum atomic E-state index is -0.376. The van der Waals surface area contributed by atoms with Crippen LogP contribution >= 0.6 is 0 Å². The van der Waals surface area contributed by atoms with E-state index in [-0.39, 0.29) is 11.9 Å². The maximum absolute atomic E-state index is 11.9. The molecular formula is C13H17N3O2. The lowest BCUT2D eigenvalue weighted by Gasteiger charge is -2.21. The molecule has 96 valence electrons. The van der Waals surface area contributed by atoms with Crippen molar-refractivity contribution in [1.29, 1.82) is 5.26 Å². The van der Waals surface area contributed by atoms with Crippen molar-refractivity contribution in [3.05, 3.63) is 17.0 Å². The first-order valence-electron chi connectivity index (χ1n) is 6.28. The number of nitrogens with zero attached hydrogens (tertiary/aromatic N) is 3. The minimum absolute atomic E-state index is 0.117. The zero-order chi connectivity index (χ0) is 13.1. The first-order valence-corrected chi connectivity index (χ1v) is 6.28. The Morgan fingerprint density at radius 1 is 1.67 bits per heavy atom. The summed E-state index contributed by atoms with van der Waals surface area (Å²) in [4.78, 5) is 11.9. The summed E-state index contributed by atoms with van der Waals surface area (Å²) in [6.07, 6.45) is 3.34. The highest BCUT2D eigenvalue weighted by Gasteiger charge is 2.31. The number of fused-ring (bicyclic) bond motifs is 1. The maximum atomic E-state index is 11.9. The van der Waals surface area contributed by atoms with Crippen LogP contribution in [-0.2, 0) is 18.2 Å². The molecule has 1 aliphatic carbocycles. The third kappa shape index (κ3) is 2.10. The molecule has 2 rings (SSSR count). The second-order valence-electron chi connectivity index (χ2n) is 4.50. The molecule has 0 bridgehead atoms. The van der Waals surface area contributed by atoms with Crippen LogP contribution in [0.25, 0.3) is 0 Å². The van der Waals surface area contributed by atoms with Crippen LogP contribution in [0, 0.1) is 11.3 Å². The van der Waals surface area contributed by atoms with E-state index < -0.39 is 0 Å². The lowest BCUT2D eigenvalue weighted by Crippen LogP contribution is -2.14. The summed E-state index contributed by atoms with van der Waals surface area (Å²) in [5.74, 6) is -0.258. The van der Waals surface area contributed by atoms with E-state index in [2.05, 4.69) is 11.2 Å². The van der Waals surface area contributed by atoms with Gasteiger partial charge in [0.25, 0.3) is 0 Å². The number of rotatable bonds is 3. The second-order valence-corrected chi connectivity index (χ2v) is 4.50. The quantitative estimate of drug-likeness (QED) is 0.765. The van der Waals surface area contributed by atoms with Crippen LogP contribution < -0.4 is 0 Å². The van der Waals surface area contributed by atoms with Crippen molar-refractivity contribution < 1.29 is 9.53 Å². The van der Waals surface area contributed by atoms with E-state index in [1.807, 2.05) is 7.05 Å². The van der Waals surface area contributed by atoms with Crippen LogP contribution in [0.1, 0.15) is 53.8 Å². The SMILES string of the molecule is CCOC(=O)c1nn(C)c2c1C(CC#N)CCC2. The van der Waals surface area contributed by atoms with Gasteiger partial charge in [0.15, 0.2) is 5.69 Å². The van der Waals surface area contributed by atoms with Crippen molar-refractivity contribution in [2.24, 2.45) is 7.05 Å². The Kier molecular flexibility index (Phi) is 3.66. The van der Waals surface area contributed by atoms with Crippen molar-refractivity contribution in [2.45, 2.75) is 38.5 Å². The summed E-state index contributed by atoms with van der Waals surface area (Å²) < 4.78 is 6.79. The fourth-order valence-corrected chi connectivity index (χ4v) is 2.63. The fourth-order valence-electron chi connectivity index (χ4n) is 2.63. The zero-order valence-corrected chi connectivity index (χ0v) is 10.8. The average Bonchev–Trinajstić information content (AvgIpc) is 2.69. The van der Waals surface area contributed by atoms with E-state index in [0.717, 1.165) is 30.5 Å². The highest BCUT2D eigenvalue weighted by Crippen LogP contribution is 2.36. The fraction of sp³-hybridized carbons (Fsp3) is 0.615. The van der Waals surface area contributed by atoms with E-state index in [4.69, 9.17) is 10.00 Å². The van der Waals surface area contributed by atoms with Gasteiger partial charge in [-0.25, -0.2) is 4.79 Å². The second kappa shape index (κ2) is 5.21. The van der Waals surface area contributed by atoms with Crippen LogP contribution in [0.2, 0.25) is 0 Å². The van der Waals surface area contributed by atoms with E-state index in [1.54, 1.807) is 11.6 Å². The number of aryl methyl sites for hydroxylation is 1. The molecular weight excluding hydrogens is 230 g/mol. The first-order chi connectivity index (χ1) is 8.69. The van der Waals surface area contributed by atoms with Gasteiger partial charge in [-0.2, -0.15) is 10.4 Å². The van der Waals surface area contributed by atoms with E-state index in [1.165, 1.54) is 0 Å². The van der Waals surface area contributed by atoms with E-state index in [0.29, 0.717) is 18.7 Å². The molecule has 1 heterocycles. The van der Waals surface area contributed by atoms with Crippen molar-refractivity contribution in [3.8, 4) is 6.07 Å². The summed E-state index contributed by atoms with van der Waals surface area (Å²) >= 11 is 0. The van der Waals surface area contributed by atoms with Crippen molar-refractivity contribution in [2.75, 3.05) is 6.61 Å². The summed E-state index contributed by atoms with van der Waals surface area (Å²) in [6.45, 7) is 2.12. The average molecular weight is 247 g/mol. The molecule has 0 saturated carbocycles. The molecule has 0 fully saturated rings. The standard InChI is InChI=1S/C13H17N3O2/c1-3-18-13(17)12-11-9(7-8-14)5-4-6-10(11)16(2)15-12/h9H,3-7H2,1-2H3. The van der Waals surface area contributed by atoms with E-state index in [9.17, 15) is 4.79 Å². The maximum Gasteiger partial charge on any atom is 0.359 e. The molecule has 5 nitrogen and oxygen atoms in total. The Balaban J connectivity index is 2.43. The Labute approximate surface area is 106 Å². The topological polar surface area (TPSA) is 67.9 Å². The first kappa shape index (κ1) is 12.6. The molecule has 0 N–H and O–H groups in total. The summed E-state index contributed by atoms with van der Waals surface area (Å²) in [5, 5.41) is 13.2. The molecule has 0 radical (unpaired) electrons. The highest BCUT2D eigenvalue weighted by atomic mass is 16.5. The Morgan fingerprint density at radius 2 is 2.44 bits per heavy atom. The predicted octanol–water partition coefficient (Wildman–Crippen LogP) is 1.93. The minimum Gasteiger partial charge on any atom is -0.461 e.